The Morgan fingerprint density at radius 2 is 2.22 bits per heavy atom. The van der Waals surface area contributed by atoms with Crippen LogP contribution in [0, 0.1) is 12.8 Å². The van der Waals surface area contributed by atoms with Crippen LogP contribution >= 0.6 is 11.8 Å². The van der Waals surface area contributed by atoms with E-state index in [4.69, 9.17) is 9.15 Å². The zero-order valence-electron chi connectivity index (χ0n) is 13.4. The van der Waals surface area contributed by atoms with E-state index in [2.05, 4.69) is 5.32 Å². The predicted molar refractivity (Wildman–Crippen MR) is 87.7 cm³/mol. The third-order valence-corrected chi connectivity index (χ3v) is 5.81. The number of esters is 1. The summed E-state index contributed by atoms with van der Waals surface area (Å²) in [6.07, 6.45) is 4.09. The number of hydrogen-bond donors (Lipinski definition) is 1. The van der Waals surface area contributed by atoms with Crippen LogP contribution in [-0.4, -0.2) is 24.2 Å². The van der Waals surface area contributed by atoms with Crippen LogP contribution in [0.4, 0.5) is 0 Å². The highest BCUT2D eigenvalue weighted by atomic mass is 32.2. The lowest BCUT2D eigenvalue weighted by atomic mass is 9.98. The first-order chi connectivity index (χ1) is 11.1. The van der Waals surface area contributed by atoms with Gasteiger partial charge in [0, 0.05) is 24.0 Å². The van der Waals surface area contributed by atoms with E-state index in [0.29, 0.717) is 28.7 Å². The Morgan fingerprint density at radius 3 is 2.91 bits per heavy atom. The summed E-state index contributed by atoms with van der Waals surface area (Å²) in [5, 5.41) is 3.99. The molecule has 0 aromatic carbocycles. The molecule has 0 saturated heterocycles. The van der Waals surface area contributed by atoms with Crippen LogP contribution in [0.3, 0.4) is 0 Å². The SMILES string of the molecule is COC(=O)C1=C(NC(=O)CCc2ccc(C)o2)S[C@@H]2CCC[C@@H]12. The topological polar surface area (TPSA) is 68.5 Å². The Kier molecular flexibility index (Phi) is 4.80. The van der Waals surface area contributed by atoms with Gasteiger partial charge < -0.3 is 14.5 Å². The summed E-state index contributed by atoms with van der Waals surface area (Å²) in [6.45, 7) is 1.88. The smallest absolute Gasteiger partial charge is 0.336 e. The first-order valence-corrected chi connectivity index (χ1v) is 8.80. The Morgan fingerprint density at radius 1 is 1.39 bits per heavy atom. The van der Waals surface area contributed by atoms with Gasteiger partial charge in [0.1, 0.15) is 11.5 Å². The molecule has 1 saturated carbocycles. The largest absolute Gasteiger partial charge is 0.466 e. The van der Waals surface area contributed by atoms with Crippen LogP contribution < -0.4 is 5.32 Å². The molecule has 3 rings (SSSR count). The number of ether oxygens (including phenoxy) is 1. The first kappa shape index (κ1) is 16.2. The van der Waals surface area contributed by atoms with Crippen molar-refractivity contribution < 1.29 is 18.7 Å². The van der Waals surface area contributed by atoms with Gasteiger partial charge in [0.25, 0.3) is 0 Å². The molecule has 2 aliphatic rings. The minimum atomic E-state index is -0.316. The highest BCUT2D eigenvalue weighted by Gasteiger charge is 2.42. The fourth-order valence-electron chi connectivity index (χ4n) is 3.28. The lowest BCUT2D eigenvalue weighted by Crippen LogP contribution is -2.24. The summed E-state index contributed by atoms with van der Waals surface area (Å²) in [5.41, 5.74) is 0.655. The average Bonchev–Trinajstić information content (AvgIpc) is 3.20. The fourth-order valence-corrected chi connectivity index (χ4v) is 4.83. The summed E-state index contributed by atoms with van der Waals surface area (Å²) in [4.78, 5) is 24.3. The van der Waals surface area contributed by atoms with Crippen molar-refractivity contribution in [1.29, 1.82) is 0 Å². The van der Waals surface area contributed by atoms with Gasteiger partial charge in [-0.2, -0.15) is 0 Å². The van der Waals surface area contributed by atoms with Gasteiger partial charge in [0.2, 0.25) is 5.91 Å². The number of furan rings is 1. The second kappa shape index (κ2) is 6.83. The molecule has 1 aliphatic carbocycles. The van der Waals surface area contributed by atoms with Gasteiger partial charge >= 0.3 is 5.97 Å². The fraction of sp³-hybridized carbons (Fsp3) is 0.529. The van der Waals surface area contributed by atoms with Crippen LogP contribution in [0.1, 0.15) is 37.2 Å². The molecule has 0 unspecified atom stereocenters. The number of fused-ring (bicyclic) bond motifs is 1. The van der Waals surface area contributed by atoms with E-state index < -0.39 is 0 Å². The summed E-state index contributed by atoms with van der Waals surface area (Å²) >= 11 is 1.61. The number of amides is 1. The standard InChI is InChI=1S/C17H21NO4S/c1-10-6-7-11(22-10)8-9-14(19)18-16-15(17(20)21-2)12-4-3-5-13(12)23-16/h6-7,12-13H,3-5,8-9H2,1-2H3,(H,18,19)/t12-,13-/m1/s1. The van der Waals surface area contributed by atoms with E-state index in [1.165, 1.54) is 7.11 Å². The van der Waals surface area contributed by atoms with Crippen molar-refractivity contribution in [3.8, 4) is 0 Å². The highest BCUT2D eigenvalue weighted by Crippen LogP contribution is 2.49. The van der Waals surface area contributed by atoms with Crippen molar-refractivity contribution in [1.82, 2.24) is 5.32 Å². The molecule has 0 spiro atoms. The van der Waals surface area contributed by atoms with Crippen LogP contribution in [0.5, 0.6) is 0 Å². The molecule has 1 aromatic rings. The van der Waals surface area contributed by atoms with Gasteiger partial charge in [-0.1, -0.05) is 6.42 Å². The molecule has 1 amide bonds. The molecule has 6 heteroatoms. The maximum absolute atomic E-state index is 12.2. The zero-order valence-corrected chi connectivity index (χ0v) is 14.2. The molecule has 2 heterocycles. The molecule has 1 fully saturated rings. The van der Waals surface area contributed by atoms with Crippen LogP contribution in [0.2, 0.25) is 0 Å². The van der Waals surface area contributed by atoms with E-state index >= 15 is 0 Å². The number of carbonyl (C=O) groups excluding carboxylic acids is 2. The molecule has 1 aliphatic heterocycles. The average molecular weight is 335 g/mol. The molecule has 2 atom stereocenters. The third-order valence-electron chi connectivity index (χ3n) is 4.39. The zero-order chi connectivity index (χ0) is 16.4. The van der Waals surface area contributed by atoms with Crippen molar-refractivity contribution in [3.05, 3.63) is 34.3 Å². The summed E-state index contributed by atoms with van der Waals surface area (Å²) in [6, 6.07) is 3.77. The molecule has 1 N–H and O–H groups in total. The van der Waals surface area contributed by atoms with Gasteiger partial charge in [-0.05, 0) is 31.9 Å². The maximum atomic E-state index is 12.2. The number of thioether (sulfide) groups is 1. The summed E-state index contributed by atoms with van der Waals surface area (Å²) < 4.78 is 10.4. The highest BCUT2D eigenvalue weighted by molar-refractivity contribution is 8.04. The normalized spacial score (nSPS) is 23.0. The third kappa shape index (κ3) is 3.47. The van der Waals surface area contributed by atoms with E-state index in [1.807, 2.05) is 19.1 Å². The van der Waals surface area contributed by atoms with Crippen molar-refractivity contribution in [2.45, 2.75) is 44.3 Å². The van der Waals surface area contributed by atoms with Crippen molar-refractivity contribution in [2.24, 2.45) is 5.92 Å². The number of hydrogen-bond acceptors (Lipinski definition) is 5. The molecule has 1 aromatic heterocycles. The number of aryl methyl sites for hydroxylation is 2. The Balaban J connectivity index is 1.64. The molecular formula is C17H21NO4S. The van der Waals surface area contributed by atoms with Crippen LogP contribution in [-0.2, 0) is 20.7 Å². The minimum Gasteiger partial charge on any atom is -0.466 e. The molecule has 124 valence electrons. The lowest BCUT2D eigenvalue weighted by molar-refractivity contribution is -0.136. The van der Waals surface area contributed by atoms with Crippen molar-refractivity contribution >= 4 is 23.6 Å². The Hall–Kier alpha value is -1.69. The van der Waals surface area contributed by atoms with Crippen molar-refractivity contribution in [2.75, 3.05) is 7.11 Å². The summed E-state index contributed by atoms with van der Waals surface area (Å²) in [5.74, 6) is 1.45. The van der Waals surface area contributed by atoms with Crippen LogP contribution in [0.25, 0.3) is 0 Å². The number of nitrogens with one attached hydrogen (secondary N) is 1. The summed E-state index contributed by atoms with van der Waals surface area (Å²) in [7, 11) is 1.39. The number of carbonyl (C=O) groups is 2. The van der Waals surface area contributed by atoms with E-state index in [-0.39, 0.29) is 17.8 Å². The van der Waals surface area contributed by atoms with Crippen molar-refractivity contribution in [3.63, 3.8) is 0 Å². The Labute approximate surface area is 139 Å². The second-order valence-electron chi connectivity index (χ2n) is 5.99. The van der Waals surface area contributed by atoms with E-state index in [0.717, 1.165) is 30.8 Å². The van der Waals surface area contributed by atoms with Gasteiger partial charge in [0.15, 0.2) is 0 Å². The molecule has 0 radical (unpaired) electrons. The molecular weight excluding hydrogens is 314 g/mol. The lowest BCUT2D eigenvalue weighted by Gasteiger charge is -2.11. The van der Waals surface area contributed by atoms with Gasteiger partial charge in [-0.15, -0.1) is 11.8 Å². The quantitative estimate of drug-likeness (QED) is 0.838. The molecule has 0 bridgehead atoms. The monoisotopic (exact) mass is 335 g/mol. The van der Waals surface area contributed by atoms with Gasteiger partial charge in [0.05, 0.1) is 17.7 Å². The Bertz CT molecular complexity index is 649. The first-order valence-electron chi connectivity index (χ1n) is 7.92. The minimum absolute atomic E-state index is 0.0945. The predicted octanol–water partition coefficient (Wildman–Crippen LogP) is 2.94. The molecule has 23 heavy (non-hydrogen) atoms. The number of rotatable bonds is 5. The van der Waals surface area contributed by atoms with Crippen LogP contribution in [0.15, 0.2) is 27.2 Å². The van der Waals surface area contributed by atoms with E-state index in [1.54, 1.807) is 11.8 Å². The number of methoxy groups -OCH3 is 1. The molecule has 5 nitrogen and oxygen atoms in total. The van der Waals surface area contributed by atoms with Gasteiger partial charge in [-0.25, -0.2) is 4.79 Å². The van der Waals surface area contributed by atoms with E-state index in [9.17, 15) is 9.59 Å². The van der Waals surface area contributed by atoms with Gasteiger partial charge in [-0.3, -0.25) is 4.79 Å². The maximum Gasteiger partial charge on any atom is 0.336 e. The second-order valence-corrected chi connectivity index (χ2v) is 7.24.